The fraction of sp³-hybridized carbons (Fsp3) is 0.200. The number of halogens is 5. The second-order valence-electron chi connectivity index (χ2n) is 3.17. The third kappa shape index (κ3) is 3.36. The first-order valence-electron chi connectivity index (χ1n) is 4.34. The molecule has 0 aliphatic carbocycles. The predicted molar refractivity (Wildman–Crippen MR) is 52.9 cm³/mol. The summed E-state index contributed by atoms with van der Waals surface area (Å²) in [6, 6.07) is 5.22. The molecule has 7 heteroatoms. The first-order chi connectivity index (χ1) is 7.73. The van der Waals surface area contributed by atoms with Crippen LogP contribution in [0.4, 0.5) is 22.0 Å². The number of allylic oxidation sites excluding steroid dienone is 1. The molecule has 1 unspecified atom stereocenters. The Bertz CT molecular complexity index is 461. The van der Waals surface area contributed by atoms with Crippen LogP contribution in [0.5, 0.6) is 0 Å². The maximum atomic E-state index is 13.0. The standard InChI is InChI=1S/C10H7F5OS/c1-6-2-4-7(5-3-6)17(16)9(12)8(11)10(13,14)15/h2-5H,1H3/b9-8-. The van der Waals surface area contributed by atoms with Crippen LogP contribution in [0, 0.1) is 6.92 Å². The van der Waals surface area contributed by atoms with Gasteiger partial charge in [0.2, 0.25) is 11.0 Å². The van der Waals surface area contributed by atoms with Crippen molar-refractivity contribution in [3.63, 3.8) is 0 Å². The van der Waals surface area contributed by atoms with E-state index < -0.39 is 28.0 Å². The van der Waals surface area contributed by atoms with Crippen LogP contribution in [-0.4, -0.2) is 10.4 Å². The van der Waals surface area contributed by atoms with Crippen molar-refractivity contribution in [3.05, 3.63) is 40.8 Å². The molecule has 1 nitrogen and oxygen atoms in total. The quantitative estimate of drug-likeness (QED) is 0.747. The Hall–Kier alpha value is -1.24. The van der Waals surface area contributed by atoms with Gasteiger partial charge in [-0.15, -0.1) is 0 Å². The minimum absolute atomic E-state index is 0.229. The Morgan fingerprint density at radius 1 is 1.12 bits per heavy atom. The van der Waals surface area contributed by atoms with Gasteiger partial charge in [0, 0.05) is 4.90 Å². The lowest BCUT2D eigenvalue weighted by molar-refractivity contribution is -0.110. The van der Waals surface area contributed by atoms with Gasteiger partial charge < -0.3 is 0 Å². The average Bonchev–Trinajstić information content (AvgIpc) is 2.26. The van der Waals surface area contributed by atoms with E-state index in [1.165, 1.54) is 24.3 Å². The van der Waals surface area contributed by atoms with Crippen molar-refractivity contribution in [1.82, 2.24) is 0 Å². The monoisotopic (exact) mass is 270 g/mol. The maximum absolute atomic E-state index is 13.0. The van der Waals surface area contributed by atoms with Crippen molar-refractivity contribution in [1.29, 1.82) is 0 Å². The molecule has 1 aromatic rings. The molecule has 0 aliphatic heterocycles. The van der Waals surface area contributed by atoms with E-state index in [0.717, 1.165) is 5.56 Å². The average molecular weight is 270 g/mol. The number of benzene rings is 1. The molecule has 0 aliphatic rings. The lowest BCUT2D eigenvalue weighted by atomic mass is 10.2. The molecular weight excluding hydrogens is 263 g/mol. The highest BCUT2D eigenvalue weighted by Crippen LogP contribution is 2.32. The minimum atomic E-state index is -5.47. The fourth-order valence-electron chi connectivity index (χ4n) is 0.958. The summed E-state index contributed by atoms with van der Waals surface area (Å²) >= 11 is 0. The van der Waals surface area contributed by atoms with Crippen LogP contribution in [0.25, 0.3) is 0 Å². The first kappa shape index (κ1) is 13.8. The third-order valence-corrected chi connectivity index (χ3v) is 3.02. The van der Waals surface area contributed by atoms with Gasteiger partial charge in [0.15, 0.2) is 0 Å². The second-order valence-corrected chi connectivity index (χ2v) is 4.53. The van der Waals surface area contributed by atoms with Crippen LogP contribution in [0.15, 0.2) is 40.1 Å². The molecule has 0 amide bonds. The van der Waals surface area contributed by atoms with Gasteiger partial charge in [0.25, 0.3) is 0 Å². The van der Waals surface area contributed by atoms with E-state index in [2.05, 4.69) is 0 Å². The lowest BCUT2D eigenvalue weighted by Gasteiger charge is -2.05. The number of hydrogen-bond donors (Lipinski definition) is 0. The molecule has 0 radical (unpaired) electrons. The highest BCUT2D eigenvalue weighted by Gasteiger charge is 2.40. The molecule has 0 fully saturated rings. The Labute approximate surface area is 96.4 Å². The molecule has 0 aromatic heterocycles. The first-order valence-corrected chi connectivity index (χ1v) is 5.49. The third-order valence-electron chi connectivity index (χ3n) is 1.82. The molecule has 0 N–H and O–H groups in total. The highest BCUT2D eigenvalue weighted by atomic mass is 32.2. The van der Waals surface area contributed by atoms with Gasteiger partial charge in [-0.2, -0.15) is 22.0 Å². The number of hydrogen-bond acceptors (Lipinski definition) is 1. The Morgan fingerprint density at radius 2 is 1.59 bits per heavy atom. The maximum Gasteiger partial charge on any atom is 0.446 e. The summed E-state index contributed by atoms with van der Waals surface area (Å²) < 4.78 is 72.2. The van der Waals surface area contributed by atoms with Gasteiger partial charge in [0.05, 0.1) is 0 Å². The van der Waals surface area contributed by atoms with Crippen molar-refractivity contribution in [2.24, 2.45) is 0 Å². The van der Waals surface area contributed by atoms with Crippen molar-refractivity contribution >= 4 is 10.8 Å². The molecular formula is C10H7F5OS. The van der Waals surface area contributed by atoms with Gasteiger partial charge in [-0.3, -0.25) is 0 Å². The van der Waals surface area contributed by atoms with Gasteiger partial charge >= 0.3 is 6.18 Å². The zero-order valence-corrected chi connectivity index (χ0v) is 9.33. The number of rotatable bonds is 2. The summed E-state index contributed by atoms with van der Waals surface area (Å²) in [6.07, 6.45) is -5.47. The summed E-state index contributed by atoms with van der Waals surface area (Å²) in [5, 5.41) is -2.32. The van der Waals surface area contributed by atoms with Crippen LogP contribution < -0.4 is 0 Å². The highest BCUT2D eigenvalue weighted by molar-refractivity contribution is 7.88. The van der Waals surface area contributed by atoms with Crippen molar-refractivity contribution in [3.8, 4) is 0 Å². The van der Waals surface area contributed by atoms with E-state index >= 15 is 0 Å². The molecule has 94 valence electrons. The zero-order chi connectivity index (χ0) is 13.2. The summed E-state index contributed by atoms with van der Waals surface area (Å²) in [5.74, 6) is -2.96. The van der Waals surface area contributed by atoms with E-state index in [0.29, 0.717) is 0 Å². The molecule has 1 rings (SSSR count). The Balaban J connectivity index is 3.10. The van der Waals surface area contributed by atoms with Crippen LogP contribution in [0.2, 0.25) is 0 Å². The van der Waals surface area contributed by atoms with Gasteiger partial charge in [-0.05, 0) is 19.1 Å². The number of aryl methyl sites for hydroxylation is 1. The zero-order valence-electron chi connectivity index (χ0n) is 8.52. The molecule has 0 saturated heterocycles. The van der Waals surface area contributed by atoms with Crippen molar-refractivity contribution in [2.45, 2.75) is 18.0 Å². The molecule has 0 spiro atoms. The largest absolute Gasteiger partial charge is 0.446 e. The SMILES string of the molecule is Cc1ccc(S(=O)/C(F)=C(\F)C(F)(F)F)cc1. The molecule has 0 heterocycles. The molecule has 1 aromatic carbocycles. The predicted octanol–water partition coefficient (Wildman–Crippen LogP) is 3.77. The van der Waals surface area contributed by atoms with Crippen LogP contribution in [-0.2, 0) is 10.8 Å². The Morgan fingerprint density at radius 3 is 2.00 bits per heavy atom. The normalized spacial score (nSPS) is 15.4. The summed E-state index contributed by atoms with van der Waals surface area (Å²) in [4.78, 5) is -0.229. The smallest absolute Gasteiger partial charge is 0.247 e. The summed E-state index contributed by atoms with van der Waals surface area (Å²) in [5.41, 5.74) is 0.756. The second kappa shape index (κ2) is 4.95. The lowest BCUT2D eigenvalue weighted by Crippen LogP contribution is -2.11. The van der Waals surface area contributed by atoms with Crippen LogP contribution in [0.3, 0.4) is 0 Å². The minimum Gasteiger partial charge on any atom is -0.247 e. The van der Waals surface area contributed by atoms with E-state index in [1.807, 2.05) is 0 Å². The number of alkyl halides is 3. The summed E-state index contributed by atoms with van der Waals surface area (Å²) in [6.45, 7) is 1.69. The van der Waals surface area contributed by atoms with Crippen LogP contribution >= 0.6 is 0 Å². The topological polar surface area (TPSA) is 17.1 Å². The van der Waals surface area contributed by atoms with E-state index in [-0.39, 0.29) is 4.90 Å². The molecule has 1 atom stereocenters. The Kier molecular flexibility index (Phi) is 4.03. The van der Waals surface area contributed by atoms with Crippen molar-refractivity contribution < 1.29 is 26.2 Å². The fourth-order valence-corrected chi connectivity index (χ4v) is 1.83. The summed E-state index contributed by atoms with van der Waals surface area (Å²) in [7, 11) is -2.80. The van der Waals surface area contributed by atoms with E-state index in [9.17, 15) is 26.2 Å². The van der Waals surface area contributed by atoms with Gasteiger partial charge in [-0.1, -0.05) is 17.7 Å². The molecule has 17 heavy (non-hydrogen) atoms. The van der Waals surface area contributed by atoms with Gasteiger partial charge in [0.1, 0.15) is 10.8 Å². The molecule has 0 bridgehead atoms. The van der Waals surface area contributed by atoms with E-state index in [1.54, 1.807) is 6.92 Å². The molecule has 0 saturated carbocycles. The van der Waals surface area contributed by atoms with Gasteiger partial charge in [-0.25, -0.2) is 4.21 Å². The van der Waals surface area contributed by atoms with E-state index in [4.69, 9.17) is 0 Å². The van der Waals surface area contributed by atoms with Crippen molar-refractivity contribution in [2.75, 3.05) is 0 Å². The van der Waals surface area contributed by atoms with Crippen LogP contribution in [0.1, 0.15) is 5.56 Å².